The fourth-order valence-corrected chi connectivity index (χ4v) is 5.27. The SMILES string of the molecule is CCC1(CC(=O)OC)CCC(C)(c2cccc(-c3onc(C)c3NC(=O)O[C@H](C)c3ccccc3Cl)c2)CO1. The summed E-state index contributed by atoms with van der Waals surface area (Å²) in [6.07, 6.45) is 1.37. The smallest absolute Gasteiger partial charge is 0.412 e. The molecule has 1 saturated heterocycles. The average Bonchev–Trinajstić information content (AvgIpc) is 3.29. The van der Waals surface area contributed by atoms with Crippen molar-refractivity contribution in [1.29, 1.82) is 0 Å². The summed E-state index contributed by atoms with van der Waals surface area (Å²) < 4.78 is 22.5. The molecule has 4 rings (SSSR count). The Balaban J connectivity index is 1.51. The number of carbonyl (C=O) groups excluding carboxylic acids is 2. The molecule has 1 fully saturated rings. The third kappa shape index (κ3) is 6.28. The van der Waals surface area contributed by atoms with E-state index in [1.807, 2.05) is 43.3 Å². The number of hydrogen-bond donors (Lipinski definition) is 1. The Morgan fingerprint density at radius 3 is 2.62 bits per heavy atom. The lowest BCUT2D eigenvalue weighted by Gasteiger charge is -2.44. The number of aryl methyl sites for hydroxylation is 1. The van der Waals surface area contributed by atoms with Crippen LogP contribution in [0.2, 0.25) is 5.02 Å². The predicted octanol–water partition coefficient (Wildman–Crippen LogP) is 7.39. The molecule has 2 aromatic carbocycles. The van der Waals surface area contributed by atoms with E-state index in [-0.39, 0.29) is 17.8 Å². The van der Waals surface area contributed by atoms with Crippen molar-refractivity contribution in [3.05, 3.63) is 70.4 Å². The van der Waals surface area contributed by atoms with Gasteiger partial charge in [0, 0.05) is 21.6 Å². The molecule has 0 spiro atoms. The van der Waals surface area contributed by atoms with Crippen molar-refractivity contribution >= 4 is 29.4 Å². The Bertz CT molecular complexity index is 1330. The standard InChI is InChI=1S/C30H35ClN2O6/c1-6-30(17-25(34)36-5)15-14-29(4,18-37-30)22-11-9-10-21(16-22)27-26(19(2)33-39-27)32-28(35)38-20(3)23-12-7-8-13-24(23)31/h7-13,16,20H,6,14-15,17-18H2,1-5H3,(H,32,35)/t20-,29?,30?/m1/s1. The number of nitrogens with zero attached hydrogens (tertiary/aromatic N) is 1. The maximum absolute atomic E-state index is 12.8. The van der Waals surface area contributed by atoms with Crippen molar-refractivity contribution in [3.8, 4) is 11.3 Å². The zero-order valence-electron chi connectivity index (χ0n) is 23.0. The molecule has 0 saturated carbocycles. The number of hydrogen-bond acceptors (Lipinski definition) is 7. The number of nitrogens with one attached hydrogen (secondary N) is 1. The molecule has 208 valence electrons. The number of methoxy groups -OCH3 is 1. The molecule has 1 aliphatic rings. The van der Waals surface area contributed by atoms with Crippen LogP contribution in [0.1, 0.15) is 69.4 Å². The number of aromatic nitrogens is 1. The number of benzene rings is 2. The minimum Gasteiger partial charge on any atom is -0.469 e. The van der Waals surface area contributed by atoms with E-state index in [4.69, 9.17) is 30.3 Å². The fraction of sp³-hybridized carbons (Fsp3) is 0.433. The van der Waals surface area contributed by atoms with Crippen molar-refractivity contribution < 1.29 is 28.3 Å². The van der Waals surface area contributed by atoms with Crippen molar-refractivity contribution in [2.75, 3.05) is 19.0 Å². The van der Waals surface area contributed by atoms with Gasteiger partial charge in [-0.2, -0.15) is 0 Å². The van der Waals surface area contributed by atoms with Crippen molar-refractivity contribution in [2.45, 2.75) is 70.5 Å². The summed E-state index contributed by atoms with van der Waals surface area (Å²) >= 11 is 6.25. The Morgan fingerprint density at radius 2 is 1.95 bits per heavy atom. The molecule has 0 radical (unpaired) electrons. The quantitative estimate of drug-likeness (QED) is 0.290. The van der Waals surface area contributed by atoms with Crippen LogP contribution in [0.25, 0.3) is 11.3 Å². The number of ether oxygens (including phenoxy) is 3. The first-order valence-corrected chi connectivity index (χ1v) is 13.5. The number of rotatable bonds is 8. The van der Waals surface area contributed by atoms with E-state index in [9.17, 15) is 9.59 Å². The molecule has 39 heavy (non-hydrogen) atoms. The molecule has 2 heterocycles. The van der Waals surface area contributed by atoms with Crippen LogP contribution in [0.5, 0.6) is 0 Å². The second-order valence-electron chi connectivity index (χ2n) is 10.4. The predicted molar refractivity (Wildman–Crippen MR) is 149 cm³/mol. The monoisotopic (exact) mass is 554 g/mol. The molecule has 3 atom stereocenters. The molecule has 0 bridgehead atoms. The molecule has 1 N–H and O–H groups in total. The van der Waals surface area contributed by atoms with E-state index in [2.05, 4.69) is 23.5 Å². The third-order valence-electron chi connectivity index (χ3n) is 7.71. The molecule has 3 aromatic rings. The van der Waals surface area contributed by atoms with E-state index < -0.39 is 17.8 Å². The van der Waals surface area contributed by atoms with Gasteiger partial charge in [-0.15, -0.1) is 0 Å². The van der Waals surface area contributed by atoms with Crippen molar-refractivity contribution in [2.24, 2.45) is 0 Å². The van der Waals surface area contributed by atoms with Crippen LogP contribution in [0.3, 0.4) is 0 Å². The Morgan fingerprint density at radius 1 is 1.18 bits per heavy atom. The lowest BCUT2D eigenvalue weighted by Crippen LogP contribution is -2.46. The number of anilines is 1. The number of carbonyl (C=O) groups is 2. The fourth-order valence-electron chi connectivity index (χ4n) is 4.98. The summed E-state index contributed by atoms with van der Waals surface area (Å²) in [7, 11) is 1.40. The van der Waals surface area contributed by atoms with Gasteiger partial charge in [0.15, 0.2) is 5.76 Å². The topological polar surface area (TPSA) is 99.9 Å². The van der Waals surface area contributed by atoms with Crippen LogP contribution in [0.4, 0.5) is 10.5 Å². The highest BCUT2D eigenvalue weighted by molar-refractivity contribution is 6.31. The first-order valence-electron chi connectivity index (χ1n) is 13.1. The number of esters is 1. The average molecular weight is 555 g/mol. The number of amides is 1. The van der Waals surface area contributed by atoms with Crippen LogP contribution < -0.4 is 5.32 Å². The Labute approximate surface area is 233 Å². The molecular formula is C30H35ClN2O6. The summed E-state index contributed by atoms with van der Waals surface area (Å²) in [5.74, 6) is 0.175. The van der Waals surface area contributed by atoms with E-state index in [0.717, 1.165) is 30.4 Å². The highest BCUT2D eigenvalue weighted by Crippen LogP contribution is 2.43. The van der Waals surface area contributed by atoms with Gasteiger partial charge >= 0.3 is 12.1 Å². The van der Waals surface area contributed by atoms with Crippen LogP contribution in [-0.2, 0) is 24.4 Å². The summed E-state index contributed by atoms with van der Waals surface area (Å²) in [4.78, 5) is 24.8. The lowest BCUT2D eigenvalue weighted by atomic mass is 9.72. The Kier molecular flexibility index (Phi) is 8.67. The van der Waals surface area contributed by atoms with Gasteiger partial charge in [-0.3, -0.25) is 10.1 Å². The molecule has 0 aliphatic carbocycles. The summed E-state index contributed by atoms with van der Waals surface area (Å²) in [6, 6.07) is 15.2. The summed E-state index contributed by atoms with van der Waals surface area (Å²) in [5, 5.41) is 7.41. The zero-order valence-corrected chi connectivity index (χ0v) is 23.8. The normalized spacial score (nSPS) is 21.7. The zero-order chi connectivity index (χ0) is 28.2. The van der Waals surface area contributed by atoms with Crippen molar-refractivity contribution in [1.82, 2.24) is 5.16 Å². The van der Waals surface area contributed by atoms with Crippen LogP contribution in [-0.4, -0.2) is 36.5 Å². The van der Waals surface area contributed by atoms with Gasteiger partial charge in [0.05, 0.1) is 25.7 Å². The van der Waals surface area contributed by atoms with Crippen LogP contribution in [0.15, 0.2) is 53.1 Å². The second kappa shape index (κ2) is 11.8. The number of halogens is 1. The first-order chi connectivity index (χ1) is 18.6. The highest BCUT2D eigenvalue weighted by Gasteiger charge is 2.43. The molecule has 1 aromatic heterocycles. The van der Waals surface area contributed by atoms with E-state index >= 15 is 0 Å². The van der Waals surface area contributed by atoms with Gasteiger partial charge in [-0.25, -0.2) is 4.79 Å². The van der Waals surface area contributed by atoms with Gasteiger partial charge in [-0.05, 0) is 50.8 Å². The van der Waals surface area contributed by atoms with Gasteiger partial charge in [0.2, 0.25) is 0 Å². The maximum atomic E-state index is 12.8. The molecular weight excluding hydrogens is 520 g/mol. The minimum atomic E-state index is -0.639. The molecule has 8 nitrogen and oxygen atoms in total. The molecule has 1 aliphatic heterocycles. The van der Waals surface area contributed by atoms with Crippen LogP contribution in [0, 0.1) is 6.92 Å². The van der Waals surface area contributed by atoms with E-state index in [0.29, 0.717) is 34.3 Å². The first kappa shape index (κ1) is 28.6. The maximum Gasteiger partial charge on any atom is 0.412 e. The highest BCUT2D eigenvalue weighted by atomic mass is 35.5. The van der Waals surface area contributed by atoms with Crippen molar-refractivity contribution in [3.63, 3.8) is 0 Å². The summed E-state index contributed by atoms with van der Waals surface area (Å²) in [5.41, 5.74) is 2.74. The molecule has 1 amide bonds. The largest absolute Gasteiger partial charge is 0.469 e. The van der Waals surface area contributed by atoms with E-state index in [1.54, 1.807) is 19.9 Å². The second-order valence-corrected chi connectivity index (χ2v) is 10.8. The van der Waals surface area contributed by atoms with E-state index in [1.165, 1.54) is 7.11 Å². The van der Waals surface area contributed by atoms with Gasteiger partial charge in [0.25, 0.3) is 0 Å². The third-order valence-corrected chi connectivity index (χ3v) is 8.05. The van der Waals surface area contributed by atoms with Gasteiger partial charge in [0.1, 0.15) is 17.5 Å². The minimum absolute atomic E-state index is 0.244. The summed E-state index contributed by atoms with van der Waals surface area (Å²) in [6.45, 7) is 8.17. The van der Waals surface area contributed by atoms with Gasteiger partial charge in [-0.1, -0.05) is 67.0 Å². The lowest BCUT2D eigenvalue weighted by molar-refractivity contribution is -0.158. The molecule has 9 heteroatoms. The Hall–Kier alpha value is -3.36. The van der Waals surface area contributed by atoms with Gasteiger partial charge < -0.3 is 18.7 Å². The van der Waals surface area contributed by atoms with Crippen LogP contribution >= 0.6 is 11.6 Å². The molecule has 2 unspecified atom stereocenters.